The molecule has 2 amide bonds. The lowest BCUT2D eigenvalue weighted by Gasteiger charge is -2.26. The van der Waals surface area contributed by atoms with E-state index in [2.05, 4.69) is 29.6 Å². The summed E-state index contributed by atoms with van der Waals surface area (Å²) in [5, 5.41) is 12.0. The van der Waals surface area contributed by atoms with Gasteiger partial charge in [-0.05, 0) is 35.1 Å². The molecule has 0 aromatic heterocycles. The van der Waals surface area contributed by atoms with E-state index in [1.165, 1.54) is 12.0 Å². The highest BCUT2D eigenvalue weighted by Crippen LogP contribution is 2.44. The zero-order valence-corrected chi connectivity index (χ0v) is 18.5. The predicted molar refractivity (Wildman–Crippen MR) is 121 cm³/mol. The van der Waals surface area contributed by atoms with Crippen molar-refractivity contribution in [1.29, 1.82) is 0 Å². The Hall–Kier alpha value is -3.39. The molecular weight excluding hydrogens is 424 g/mol. The Kier molecular flexibility index (Phi) is 6.93. The molecule has 1 saturated heterocycles. The minimum atomic E-state index is -1.01. The summed E-state index contributed by atoms with van der Waals surface area (Å²) in [4.78, 5) is 37.7. The minimum absolute atomic E-state index is 0.0282. The first-order chi connectivity index (χ1) is 16.0. The van der Waals surface area contributed by atoms with Crippen molar-refractivity contribution in [3.63, 3.8) is 0 Å². The zero-order chi connectivity index (χ0) is 23.4. The summed E-state index contributed by atoms with van der Waals surface area (Å²) in [5.74, 6) is -1.40. The van der Waals surface area contributed by atoms with E-state index in [1.807, 2.05) is 24.3 Å². The second-order valence-electron chi connectivity index (χ2n) is 8.29. The van der Waals surface area contributed by atoms with Gasteiger partial charge in [0, 0.05) is 32.5 Å². The number of ether oxygens (including phenoxy) is 2. The SMILES string of the molecule is COC(CCNC(=O)OCC1c2ccccc2-c2ccccc21)C(=O)N1CCC[C@H]1C(=O)O. The molecule has 33 heavy (non-hydrogen) atoms. The number of alkyl carbamates (subject to hydrolysis) is 1. The highest BCUT2D eigenvalue weighted by atomic mass is 16.5. The van der Waals surface area contributed by atoms with Crippen molar-refractivity contribution in [1.82, 2.24) is 10.2 Å². The molecule has 2 aliphatic rings. The number of hydrogen-bond donors (Lipinski definition) is 2. The smallest absolute Gasteiger partial charge is 0.407 e. The second kappa shape index (κ2) is 10.0. The molecule has 1 heterocycles. The van der Waals surface area contributed by atoms with Crippen LogP contribution in [0.15, 0.2) is 48.5 Å². The first-order valence-corrected chi connectivity index (χ1v) is 11.2. The standard InChI is InChI=1S/C25H28N2O6/c1-32-22(23(28)27-14-6-11-21(27)24(29)30)12-13-26-25(31)33-15-20-18-9-4-2-7-16(18)17-8-3-5-10-19(17)20/h2-5,7-10,20-22H,6,11-15H2,1H3,(H,26,31)(H,29,30)/t21-,22?/m0/s1. The largest absolute Gasteiger partial charge is 0.480 e. The lowest BCUT2D eigenvalue weighted by molar-refractivity contribution is -0.153. The maximum atomic E-state index is 12.7. The van der Waals surface area contributed by atoms with Crippen LogP contribution in [0.25, 0.3) is 11.1 Å². The fourth-order valence-corrected chi connectivity index (χ4v) is 4.77. The lowest BCUT2D eigenvalue weighted by Crippen LogP contribution is -2.46. The first-order valence-electron chi connectivity index (χ1n) is 11.2. The normalized spacial score (nSPS) is 17.8. The zero-order valence-electron chi connectivity index (χ0n) is 18.5. The average Bonchev–Trinajstić information content (AvgIpc) is 3.44. The van der Waals surface area contributed by atoms with Crippen molar-refractivity contribution in [2.45, 2.75) is 37.3 Å². The molecule has 1 aliphatic heterocycles. The third-order valence-electron chi connectivity index (χ3n) is 6.40. The van der Waals surface area contributed by atoms with Crippen LogP contribution in [-0.2, 0) is 19.1 Å². The number of benzene rings is 2. The summed E-state index contributed by atoms with van der Waals surface area (Å²) in [7, 11) is 1.40. The topological polar surface area (TPSA) is 105 Å². The molecule has 0 spiro atoms. The quantitative estimate of drug-likeness (QED) is 0.638. The van der Waals surface area contributed by atoms with Gasteiger partial charge in [-0.3, -0.25) is 4.79 Å². The van der Waals surface area contributed by atoms with Gasteiger partial charge in [-0.15, -0.1) is 0 Å². The van der Waals surface area contributed by atoms with Crippen molar-refractivity contribution in [3.8, 4) is 11.1 Å². The number of hydrogen-bond acceptors (Lipinski definition) is 5. The van der Waals surface area contributed by atoms with Gasteiger partial charge in [0.15, 0.2) is 0 Å². The number of rotatable bonds is 8. The molecule has 0 bridgehead atoms. The number of carboxylic acids is 1. The molecule has 2 aromatic carbocycles. The number of fused-ring (bicyclic) bond motifs is 3. The Morgan fingerprint density at radius 1 is 1.09 bits per heavy atom. The molecule has 0 radical (unpaired) electrons. The van der Waals surface area contributed by atoms with Crippen LogP contribution >= 0.6 is 0 Å². The van der Waals surface area contributed by atoms with Crippen molar-refractivity contribution in [2.75, 3.05) is 26.8 Å². The van der Waals surface area contributed by atoms with Crippen LogP contribution in [0, 0.1) is 0 Å². The minimum Gasteiger partial charge on any atom is -0.480 e. The van der Waals surface area contributed by atoms with Crippen LogP contribution < -0.4 is 5.32 Å². The average molecular weight is 453 g/mol. The van der Waals surface area contributed by atoms with Gasteiger partial charge in [-0.25, -0.2) is 9.59 Å². The van der Waals surface area contributed by atoms with Gasteiger partial charge in [-0.2, -0.15) is 0 Å². The molecule has 1 unspecified atom stereocenters. The van der Waals surface area contributed by atoms with Crippen LogP contribution in [0.1, 0.15) is 36.3 Å². The third kappa shape index (κ3) is 4.71. The monoisotopic (exact) mass is 452 g/mol. The maximum Gasteiger partial charge on any atom is 0.407 e. The molecule has 174 valence electrons. The number of amides is 2. The van der Waals surface area contributed by atoms with E-state index in [0.717, 1.165) is 22.3 Å². The predicted octanol–water partition coefficient (Wildman–Crippen LogP) is 3.01. The molecule has 2 atom stereocenters. The van der Waals surface area contributed by atoms with Gasteiger partial charge in [0.1, 0.15) is 18.8 Å². The Bertz CT molecular complexity index is 994. The van der Waals surface area contributed by atoms with E-state index in [4.69, 9.17) is 9.47 Å². The van der Waals surface area contributed by atoms with E-state index in [1.54, 1.807) is 0 Å². The molecule has 8 nitrogen and oxygen atoms in total. The first kappa shape index (κ1) is 22.8. The summed E-state index contributed by atoms with van der Waals surface area (Å²) in [6.45, 7) is 0.780. The van der Waals surface area contributed by atoms with Crippen molar-refractivity contribution >= 4 is 18.0 Å². The van der Waals surface area contributed by atoms with E-state index < -0.39 is 24.2 Å². The summed E-state index contributed by atoms with van der Waals surface area (Å²) < 4.78 is 10.8. The number of methoxy groups -OCH3 is 1. The van der Waals surface area contributed by atoms with E-state index in [9.17, 15) is 19.5 Å². The summed E-state index contributed by atoms with van der Waals surface area (Å²) in [6, 6.07) is 15.4. The van der Waals surface area contributed by atoms with Crippen LogP contribution in [0.4, 0.5) is 4.79 Å². The summed E-state index contributed by atoms with van der Waals surface area (Å²) in [5.41, 5.74) is 4.58. The molecule has 8 heteroatoms. The number of likely N-dealkylation sites (tertiary alicyclic amines) is 1. The van der Waals surface area contributed by atoms with Gasteiger partial charge < -0.3 is 24.8 Å². The Morgan fingerprint density at radius 2 is 1.73 bits per heavy atom. The van der Waals surface area contributed by atoms with E-state index in [-0.39, 0.29) is 31.4 Å². The van der Waals surface area contributed by atoms with Gasteiger partial charge >= 0.3 is 12.1 Å². The van der Waals surface area contributed by atoms with Gasteiger partial charge in [-0.1, -0.05) is 48.5 Å². The number of nitrogens with one attached hydrogen (secondary N) is 1. The highest BCUT2D eigenvalue weighted by Gasteiger charge is 2.37. The molecule has 2 N–H and O–H groups in total. The van der Waals surface area contributed by atoms with Gasteiger partial charge in [0.25, 0.3) is 5.91 Å². The number of nitrogens with zero attached hydrogens (tertiary/aromatic N) is 1. The van der Waals surface area contributed by atoms with E-state index in [0.29, 0.717) is 19.4 Å². The molecule has 1 aliphatic carbocycles. The van der Waals surface area contributed by atoms with Crippen molar-refractivity contribution in [3.05, 3.63) is 59.7 Å². The lowest BCUT2D eigenvalue weighted by atomic mass is 9.98. The highest BCUT2D eigenvalue weighted by molar-refractivity contribution is 5.87. The number of carboxylic acid groups (broad SMARTS) is 1. The van der Waals surface area contributed by atoms with E-state index >= 15 is 0 Å². The Labute approximate surface area is 192 Å². The summed E-state index contributed by atoms with van der Waals surface area (Å²) >= 11 is 0. The van der Waals surface area contributed by atoms with Crippen LogP contribution in [0.5, 0.6) is 0 Å². The Balaban J connectivity index is 1.29. The molecule has 2 aromatic rings. The molecule has 1 fully saturated rings. The fraction of sp³-hybridized carbons (Fsp3) is 0.400. The molecule has 4 rings (SSSR count). The summed E-state index contributed by atoms with van der Waals surface area (Å²) in [6.07, 6.45) is -0.0720. The second-order valence-corrected chi connectivity index (χ2v) is 8.29. The third-order valence-corrected chi connectivity index (χ3v) is 6.40. The number of carbonyl (C=O) groups excluding carboxylic acids is 2. The molecular formula is C25H28N2O6. The Morgan fingerprint density at radius 3 is 2.33 bits per heavy atom. The van der Waals surface area contributed by atoms with Crippen LogP contribution in [-0.4, -0.2) is 66.9 Å². The molecule has 0 saturated carbocycles. The van der Waals surface area contributed by atoms with Crippen molar-refractivity contribution in [2.24, 2.45) is 0 Å². The van der Waals surface area contributed by atoms with Crippen LogP contribution in [0.2, 0.25) is 0 Å². The number of aliphatic carboxylic acids is 1. The van der Waals surface area contributed by atoms with Gasteiger partial charge in [0.2, 0.25) is 0 Å². The van der Waals surface area contributed by atoms with Crippen molar-refractivity contribution < 1.29 is 29.0 Å². The fourth-order valence-electron chi connectivity index (χ4n) is 4.77. The number of carbonyl (C=O) groups is 3. The van der Waals surface area contributed by atoms with Gasteiger partial charge in [0.05, 0.1) is 0 Å². The van der Waals surface area contributed by atoms with Crippen LogP contribution in [0.3, 0.4) is 0 Å². The maximum absolute atomic E-state index is 12.7.